The molecule has 10 nitrogen and oxygen atoms in total. The molecule has 14 heteroatoms. The van der Waals surface area contributed by atoms with E-state index in [1.807, 2.05) is 0 Å². The zero-order valence-corrected chi connectivity index (χ0v) is 25.2. The van der Waals surface area contributed by atoms with Crippen molar-refractivity contribution in [3.8, 4) is 22.8 Å². The van der Waals surface area contributed by atoms with Gasteiger partial charge in [0.2, 0.25) is 5.91 Å². The quantitative estimate of drug-likeness (QED) is 0.103. The second-order valence-corrected chi connectivity index (χ2v) is 12.1. The Kier molecular flexibility index (Phi) is 7.93. The number of ether oxygens (including phenoxy) is 2. The zero-order chi connectivity index (χ0) is 33.0. The highest BCUT2D eigenvalue weighted by Crippen LogP contribution is 2.48. The lowest BCUT2D eigenvalue weighted by Gasteiger charge is -2.28. The summed E-state index contributed by atoms with van der Waals surface area (Å²) in [5, 5.41) is 14.6. The Hall–Kier alpha value is -4.62. The molecule has 0 spiro atoms. The van der Waals surface area contributed by atoms with Gasteiger partial charge in [0.15, 0.2) is 5.82 Å². The van der Waals surface area contributed by atoms with Gasteiger partial charge in [-0.25, -0.2) is 14.4 Å². The fourth-order valence-electron chi connectivity index (χ4n) is 5.22. The van der Waals surface area contributed by atoms with Crippen LogP contribution in [0.15, 0.2) is 53.0 Å². The Morgan fingerprint density at radius 3 is 2.72 bits per heavy atom. The van der Waals surface area contributed by atoms with Crippen molar-refractivity contribution in [1.29, 1.82) is 0 Å². The highest BCUT2D eigenvalue weighted by Gasteiger charge is 2.47. The number of aromatic nitrogens is 1. The van der Waals surface area contributed by atoms with Gasteiger partial charge in [-0.2, -0.15) is 8.78 Å². The fourth-order valence-corrected chi connectivity index (χ4v) is 5.40. The summed E-state index contributed by atoms with van der Waals surface area (Å²) in [4.78, 5) is 33.8. The molecular weight excluding hydrogens is 627 g/mol. The summed E-state index contributed by atoms with van der Waals surface area (Å²) < 4.78 is 52.6. The van der Waals surface area contributed by atoms with Gasteiger partial charge >= 0.3 is 6.55 Å². The third-order valence-electron chi connectivity index (χ3n) is 8.27. The maximum Gasteiger partial charge on any atom is 0.331 e. The molecule has 2 aromatic carbocycles. The van der Waals surface area contributed by atoms with Crippen molar-refractivity contribution < 1.29 is 37.3 Å². The number of alkyl halides is 2. The summed E-state index contributed by atoms with van der Waals surface area (Å²) in [6.07, 6.45) is 4.46. The Labute approximate surface area is 266 Å². The van der Waals surface area contributed by atoms with Crippen LogP contribution >= 0.6 is 11.6 Å². The number of nitrogens with one attached hydrogen (secondary N) is 1. The van der Waals surface area contributed by atoms with Gasteiger partial charge < -0.3 is 31.4 Å². The molecule has 1 saturated carbocycles. The summed E-state index contributed by atoms with van der Waals surface area (Å²) in [5.41, 5.74) is 9.53. The Bertz CT molecular complexity index is 1830. The molecule has 6 rings (SSSR count). The number of rotatable bonds is 11. The van der Waals surface area contributed by atoms with E-state index in [-0.39, 0.29) is 68.6 Å². The first-order valence-corrected chi connectivity index (χ1v) is 14.7. The number of aliphatic imine (C=N–C) groups is 1. The van der Waals surface area contributed by atoms with E-state index >= 15 is 4.39 Å². The number of amides is 2. The van der Waals surface area contributed by atoms with Crippen molar-refractivity contribution in [2.24, 2.45) is 10.7 Å². The summed E-state index contributed by atoms with van der Waals surface area (Å²) in [7, 11) is 0. The lowest BCUT2D eigenvalue weighted by molar-refractivity contribution is -0.123. The molecule has 240 valence electrons. The van der Waals surface area contributed by atoms with Crippen molar-refractivity contribution in [3.05, 3.63) is 81.3 Å². The maximum atomic E-state index is 15.3. The van der Waals surface area contributed by atoms with E-state index in [2.05, 4.69) is 15.3 Å². The van der Waals surface area contributed by atoms with Crippen LogP contribution in [-0.2, 0) is 15.8 Å². The molecule has 0 radical (unpaired) electrons. The van der Waals surface area contributed by atoms with Gasteiger partial charge in [-0.1, -0.05) is 23.7 Å². The number of hydrogen-bond donors (Lipinski definition) is 4. The average molecular weight is 656 g/mol. The molecule has 1 aromatic heterocycles. The number of anilines is 1. The molecule has 3 aliphatic rings. The predicted molar refractivity (Wildman–Crippen MR) is 164 cm³/mol. The number of benzene rings is 2. The molecule has 3 aromatic rings. The van der Waals surface area contributed by atoms with Gasteiger partial charge in [0.25, 0.3) is 5.91 Å². The number of allylic oxidation sites excluding steroid dienone is 1. The average Bonchev–Trinajstić information content (AvgIpc) is 3.96. The monoisotopic (exact) mass is 655 g/mol. The molecule has 2 atom stereocenters. The van der Waals surface area contributed by atoms with Crippen LogP contribution in [0.3, 0.4) is 0 Å². The summed E-state index contributed by atoms with van der Waals surface area (Å²) in [6, 6.07) is 8.46. The second-order valence-electron chi connectivity index (χ2n) is 11.6. The minimum Gasteiger partial charge on any atom is -0.489 e. The normalized spacial score (nSPS) is 19.8. The van der Waals surface area contributed by atoms with Crippen molar-refractivity contribution in [3.63, 3.8) is 0 Å². The van der Waals surface area contributed by atoms with Gasteiger partial charge in [-0.3, -0.25) is 9.59 Å². The molecule has 0 bridgehead atoms. The highest BCUT2D eigenvalue weighted by atomic mass is 35.5. The van der Waals surface area contributed by atoms with Crippen LogP contribution in [0.5, 0.6) is 11.5 Å². The van der Waals surface area contributed by atoms with Crippen molar-refractivity contribution in [2.45, 2.75) is 49.9 Å². The third-order valence-corrected chi connectivity index (χ3v) is 8.56. The number of carbonyl (C=O) groups is 2. The van der Waals surface area contributed by atoms with Crippen LogP contribution in [0.25, 0.3) is 11.3 Å². The molecule has 6 N–H and O–H groups in total. The van der Waals surface area contributed by atoms with Gasteiger partial charge in [-0.15, -0.1) is 0 Å². The number of carbonyl (C=O) groups excluding carboxylic acids is 2. The minimum absolute atomic E-state index is 0.00229. The summed E-state index contributed by atoms with van der Waals surface area (Å²) >= 11 is 6.07. The Morgan fingerprint density at radius 1 is 1.33 bits per heavy atom. The second kappa shape index (κ2) is 11.6. The zero-order valence-electron chi connectivity index (χ0n) is 24.5. The molecule has 2 heterocycles. The van der Waals surface area contributed by atoms with Crippen LogP contribution in [0.4, 0.5) is 18.9 Å². The predicted octanol–water partition coefficient (Wildman–Crippen LogP) is 4.39. The smallest absolute Gasteiger partial charge is 0.331 e. The van der Waals surface area contributed by atoms with Gasteiger partial charge in [0, 0.05) is 28.5 Å². The van der Waals surface area contributed by atoms with E-state index in [9.17, 15) is 23.5 Å². The SMILES string of the molecule is C[C@]1(C(N)=O)COc2c1cc([C@@](O)(CNC(=O)c1cc(C=NC(F)F)c(N)c(OC3CC3)c1)C1=CC1)nc2-c1cccc(Cl)c1F. The number of hydrogen-bond acceptors (Lipinski definition) is 8. The molecule has 2 aliphatic carbocycles. The Balaban J connectivity index is 1.38. The Morgan fingerprint density at radius 2 is 2.07 bits per heavy atom. The molecule has 1 fully saturated rings. The maximum absolute atomic E-state index is 15.3. The first-order valence-electron chi connectivity index (χ1n) is 14.4. The number of aliphatic hydroxyl groups is 1. The summed E-state index contributed by atoms with van der Waals surface area (Å²) in [6.45, 7) is -1.97. The number of primary amides is 1. The fraction of sp³-hybridized carbons (Fsp3) is 0.312. The lowest BCUT2D eigenvalue weighted by atomic mass is 9.81. The van der Waals surface area contributed by atoms with Crippen molar-refractivity contribution in [1.82, 2.24) is 10.3 Å². The molecule has 46 heavy (non-hydrogen) atoms. The number of nitrogen functional groups attached to an aromatic ring is 1. The number of nitrogens with two attached hydrogens (primary N) is 2. The van der Waals surface area contributed by atoms with E-state index in [0.717, 1.165) is 19.1 Å². The topological polar surface area (TPSA) is 162 Å². The van der Waals surface area contributed by atoms with Gasteiger partial charge in [-0.05, 0) is 62.1 Å². The van der Waals surface area contributed by atoms with Crippen molar-refractivity contribution in [2.75, 3.05) is 18.9 Å². The van der Waals surface area contributed by atoms with Crippen molar-refractivity contribution >= 4 is 35.3 Å². The van der Waals surface area contributed by atoms with E-state index in [4.69, 9.17) is 32.5 Å². The third kappa shape index (κ3) is 5.76. The minimum atomic E-state index is -2.99. The van der Waals surface area contributed by atoms with E-state index in [0.29, 0.717) is 12.0 Å². The molecule has 0 unspecified atom stereocenters. The highest BCUT2D eigenvalue weighted by molar-refractivity contribution is 6.31. The molecular formula is C32H29ClF3N5O5. The number of halogens is 4. The van der Waals surface area contributed by atoms with Crippen LogP contribution in [-0.4, -0.2) is 53.9 Å². The largest absolute Gasteiger partial charge is 0.489 e. The van der Waals surface area contributed by atoms with Crippen LogP contribution in [0.1, 0.15) is 53.4 Å². The van der Waals surface area contributed by atoms with Gasteiger partial charge in [0.05, 0.1) is 29.1 Å². The van der Waals surface area contributed by atoms with Crippen LogP contribution < -0.4 is 26.3 Å². The molecule has 1 aliphatic heterocycles. The van der Waals surface area contributed by atoms with E-state index in [1.165, 1.54) is 36.4 Å². The number of pyridine rings is 1. The van der Waals surface area contributed by atoms with Crippen LogP contribution in [0, 0.1) is 5.82 Å². The first kappa shape index (κ1) is 31.4. The standard InChI is InChI=1S/C32H29ClF3N5O5/c1-31(29(38)43)14-45-27-20(31)11-23(41-26(27)19-3-2-4-21(33)24(19)34)32(44,17-5-6-17)13-40-28(42)15-9-16(12-39-30(35)36)25(37)22(10-15)46-18-7-8-18/h2-5,9-12,18,30,44H,6-8,13-14,37H2,1H3,(H2,38,43)(H,40,42)/t31-,32+/m0/s1. The molecule has 0 saturated heterocycles. The number of fused-ring (bicyclic) bond motifs is 1. The van der Waals surface area contributed by atoms with Crippen LogP contribution in [0.2, 0.25) is 5.02 Å². The van der Waals surface area contributed by atoms with Gasteiger partial charge in [0.1, 0.15) is 34.8 Å². The number of nitrogens with zero attached hydrogens (tertiary/aromatic N) is 2. The van der Waals surface area contributed by atoms with E-state index < -0.39 is 41.7 Å². The van der Waals surface area contributed by atoms with E-state index in [1.54, 1.807) is 13.0 Å². The summed E-state index contributed by atoms with van der Waals surface area (Å²) in [5.74, 6) is -1.91. The molecule has 2 amide bonds. The lowest BCUT2D eigenvalue weighted by Crippen LogP contribution is -2.42. The first-order chi connectivity index (χ1) is 21.8.